The number of nitrogens with one attached hydrogen (secondary N) is 1. The van der Waals surface area contributed by atoms with Crippen LogP contribution in [0, 0.1) is 11.6 Å². The van der Waals surface area contributed by atoms with Gasteiger partial charge in [-0.1, -0.05) is 6.92 Å². The molecule has 0 unspecified atom stereocenters. The van der Waals surface area contributed by atoms with Crippen molar-refractivity contribution in [3.8, 4) is 0 Å². The summed E-state index contributed by atoms with van der Waals surface area (Å²) in [6.45, 7) is 3.17. The first-order valence-electron chi connectivity index (χ1n) is 6.54. The Balaban J connectivity index is 2.11. The molecule has 1 aromatic carbocycles. The van der Waals surface area contributed by atoms with Crippen LogP contribution in [0.15, 0.2) is 12.1 Å². The molecule has 100 valence electrons. The molecule has 1 N–H and O–H groups in total. The van der Waals surface area contributed by atoms with E-state index in [1.807, 2.05) is 6.92 Å². The average molecular weight is 254 g/mol. The van der Waals surface area contributed by atoms with Crippen molar-refractivity contribution in [3.63, 3.8) is 0 Å². The third-order valence-electron chi connectivity index (χ3n) is 3.19. The number of anilines is 1. The Morgan fingerprint density at radius 3 is 2.39 bits per heavy atom. The molecule has 0 saturated heterocycles. The topological polar surface area (TPSA) is 15.3 Å². The molecule has 0 heterocycles. The van der Waals surface area contributed by atoms with Crippen molar-refractivity contribution < 1.29 is 8.78 Å². The normalized spacial score (nSPS) is 14.9. The SMILES string of the molecule is CCCN(C)c1c(F)cc(CNC2CC2)cc1F. The van der Waals surface area contributed by atoms with Crippen LogP contribution in [0.2, 0.25) is 0 Å². The molecular formula is C14H20F2N2. The van der Waals surface area contributed by atoms with E-state index in [1.54, 1.807) is 11.9 Å². The zero-order valence-corrected chi connectivity index (χ0v) is 11.0. The van der Waals surface area contributed by atoms with Crippen LogP contribution in [0.4, 0.5) is 14.5 Å². The lowest BCUT2D eigenvalue weighted by Gasteiger charge is -2.20. The van der Waals surface area contributed by atoms with Gasteiger partial charge in [-0.15, -0.1) is 0 Å². The van der Waals surface area contributed by atoms with Gasteiger partial charge in [0.1, 0.15) is 17.3 Å². The van der Waals surface area contributed by atoms with E-state index in [0.717, 1.165) is 6.42 Å². The van der Waals surface area contributed by atoms with E-state index < -0.39 is 11.6 Å². The maximum atomic E-state index is 13.9. The third kappa shape index (κ3) is 3.19. The fourth-order valence-electron chi connectivity index (χ4n) is 2.08. The van der Waals surface area contributed by atoms with Gasteiger partial charge in [0, 0.05) is 26.2 Å². The van der Waals surface area contributed by atoms with Gasteiger partial charge in [0.25, 0.3) is 0 Å². The summed E-state index contributed by atoms with van der Waals surface area (Å²) >= 11 is 0. The molecule has 4 heteroatoms. The zero-order chi connectivity index (χ0) is 13.1. The summed E-state index contributed by atoms with van der Waals surface area (Å²) in [5.41, 5.74) is 0.748. The van der Waals surface area contributed by atoms with E-state index in [1.165, 1.54) is 25.0 Å². The van der Waals surface area contributed by atoms with Gasteiger partial charge in [0.2, 0.25) is 0 Å². The van der Waals surface area contributed by atoms with Crippen LogP contribution in [0.25, 0.3) is 0 Å². The van der Waals surface area contributed by atoms with E-state index in [2.05, 4.69) is 5.32 Å². The van der Waals surface area contributed by atoms with Gasteiger partial charge in [-0.05, 0) is 37.0 Å². The molecule has 0 atom stereocenters. The van der Waals surface area contributed by atoms with Gasteiger partial charge in [-0.2, -0.15) is 0 Å². The Bertz CT molecular complexity index is 393. The molecule has 2 nitrogen and oxygen atoms in total. The highest BCUT2D eigenvalue weighted by Crippen LogP contribution is 2.25. The quantitative estimate of drug-likeness (QED) is 0.839. The van der Waals surface area contributed by atoms with Crippen molar-refractivity contribution in [2.45, 2.75) is 38.8 Å². The minimum absolute atomic E-state index is 0.0759. The highest BCUT2D eigenvalue weighted by molar-refractivity contribution is 5.50. The van der Waals surface area contributed by atoms with Gasteiger partial charge in [-0.25, -0.2) is 8.78 Å². The number of nitrogens with zero attached hydrogens (tertiary/aromatic N) is 1. The molecular weight excluding hydrogens is 234 g/mol. The number of hydrogen-bond acceptors (Lipinski definition) is 2. The van der Waals surface area contributed by atoms with Crippen molar-refractivity contribution in [3.05, 3.63) is 29.3 Å². The minimum atomic E-state index is -0.474. The maximum Gasteiger partial charge on any atom is 0.149 e. The Morgan fingerprint density at radius 1 is 1.28 bits per heavy atom. The summed E-state index contributed by atoms with van der Waals surface area (Å²) in [6, 6.07) is 3.40. The summed E-state index contributed by atoms with van der Waals surface area (Å²) in [7, 11) is 1.72. The molecule has 18 heavy (non-hydrogen) atoms. The Labute approximate surface area is 107 Å². The number of hydrogen-bond donors (Lipinski definition) is 1. The van der Waals surface area contributed by atoms with Gasteiger partial charge in [-0.3, -0.25) is 0 Å². The summed E-state index contributed by atoms with van der Waals surface area (Å²) < 4.78 is 27.8. The second-order valence-corrected chi connectivity index (χ2v) is 4.98. The largest absolute Gasteiger partial charge is 0.370 e. The van der Waals surface area contributed by atoms with Crippen LogP contribution in [-0.2, 0) is 6.54 Å². The van der Waals surface area contributed by atoms with Crippen LogP contribution < -0.4 is 10.2 Å². The molecule has 0 aromatic heterocycles. The van der Waals surface area contributed by atoms with E-state index in [-0.39, 0.29) is 5.69 Å². The number of halogens is 2. The second kappa shape index (κ2) is 5.65. The summed E-state index contributed by atoms with van der Waals surface area (Å²) in [5.74, 6) is -0.947. The van der Waals surface area contributed by atoms with E-state index >= 15 is 0 Å². The van der Waals surface area contributed by atoms with Gasteiger partial charge >= 0.3 is 0 Å². The Morgan fingerprint density at radius 2 is 1.89 bits per heavy atom. The number of benzene rings is 1. The molecule has 2 rings (SSSR count). The lowest BCUT2D eigenvalue weighted by Crippen LogP contribution is -2.21. The van der Waals surface area contributed by atoms with Crippen LogP contribution in [0.5, 0.6) is 0 Å². The molecule has 0 amide bonds. The molecule has 0 radical (unpaired) electrons. The Hall–Kier alpha value is -1.16. The fraction of sp³-hybridized carbons (Fsp3) is 0.571. The van der Waals surface area contributed by atoms with Gasteiger partial charge in [0.05, 0.1) is 0 Å². The van der Waals surface area contributed by atoms with Gasteiger partial charge < -0.3 is 10.2 Å². The predicted octanol–water partition coefficient (Wildman–Crippen LogP) is 3.06. The lowest BCUT2D eigenvalue weighted by molar-refractivity contribution is 0.568. The Kier molecular flexibility index (Phi) is 4.17. The molecule has 0 spiro atoms. The van der Waals surface area contributed by atoms with Crippen molar-refractivity contribution in [2.75, 3.05) is 18.5 Å². The summed E-state index contributed by atoms with van der Waals surface area (Å²) in [6.07, 6.45) is 3.20. The first-order valence-corrected chi connectivity index (χ1v) is 6.54. The standard InChI is InChI=1S/C14H20F2N2/c1-3-6-18(2)14-12(15)7-10(8-13(14)16)9-17-11-4-5-11/h7-8,11,17H,3-6,9H2,1-2H3. The molecule has 1 aliphatic rings. The van der Waals surface area contributed by atoms with Crippen molar-refractivity contribution in [1.29, 1.82) is 0 Å². The summed E-state index contributed by atoms with van der Waals surface area (Å²) in [4.78, 5) is 1.63. The number of rotatable bonds is 6. The highest BCUT2D eigenvalue weighted by Gasteiger charge is 2.21. The second-order valence-electron chi connectivity index (χ2n) is 4.98. The minimum Gasteiger partial charge on any atom is -0.370 e. The fourth-order valence-corrected chi connectivity index (χ4v) is 2.08. The molecule has 0 aliphatic heterocycles. The van der Waals surface area contributed by atoms with Crippen molar-refractivity contribution in [2.24, 2.45) is 0 Å². The third-order valence-corrected chi connectivity index (χ3v) is 3.19. The van der Waals surface area contributed by atoms with Crippen LogP contribution in [0.1, 0.15) is 31.7 Å². The van der Waals surface area contributed by atoms with Gasteiger partial charge in [0.15, 0.2) is 0 Å². The van der Waals surface area contributed by atoms with Crippen LogP contribution >= 0.6 is 0 Å². The van der Waals surface area contributed by atoms with Crippen LogP contribution in [-0.4, -0.2) is 19.6 Å². The van der Waals surface area contributed by atoms with Crippen LogP contribution in [0.3, 0.4) is 0 Å². The predicted molar refractivity (Wildman–Crippen MR) is 69.8 cm³/mol. The monoisotopic (exact) mass is 254 g/mol. The van der Waals surface area contributed by atoms with E-state index in [4.69, 9.17) is 0 Å². The first kappa shape index (κ1) is 13.3. The lowest BCUT2D eigenvalue weighted by atomic mass is 10.1. The molecule has 1 fully saturated rings. The van der Waals surface area contributed by atoms with Crippen molar-refractivity contribution >= 4 is 5.69 Å². The smallest absolute Gasteiger partial charge is 0.149 e. The molecule has 0 bridgehead atoms. The van der Waals surface area contributed by atoms with Crippen molar-refractivity contribution in [1.82, 2.24) is 5.32 Å². The average Bonchev–Trinajstić information content (AvgIpc) is 3.09. The maximum absolute atomic E-state index is 13.9. The first-order chi connectivity index (χ1) is 8.61. The molecule has 1 aliphatic carbocycles. The highest BCUT2D eigenvalue weighted by atomic mass is 19.1. The van der Waals surface area contributed by atoms with E-state index in [9.17, 15) is 8.78 Å². The van der Waals surface area contributed by atoms with E-state index in [0.29, 0.717) is 24.7 Å². The zero-order valence-electron chi connectivity index (χ0n) is 11.0. The molecule has 1 aromatic rings. The molecule has 1 saturated carbocycles. The summed E-state index contributed by atoms with van der Waals surface area (Å²) in [5, 5.41) is 3.25.